The molecule has 110 valence electrons. The molecule has 1 heterocycles. The van der Waals surface area contributed by atoms with Gasteiger partial charge in [-0.15, -0.1) is 0 Å². The summed E-state index contributed by atoms with van der Waals surface area (Å²) in [4.78, 5) is 2.74. The number of hydrogen-bond donors (Lipinski definition) is 1. The van der Waals surface area contributed by atoms with E-state index in [1.54, 1.807) is 0 Å². The Morgan fingerprint density at radius 1 is 1.05 bits per heavy atom. The van der Waals surface area contributed by atoms with E-state index < -0.39 is 0 Å². The lowest BCUT2D eigenvalue weighted by atomic mass is 10.0. The van der Waals surface area contributed by atoms with E-state index in [4.69, 9.17) is 0 Å². The molecule has 2 heteroatoms. The van der Waals surface area contributed by atoms with Crippen LogP contribution in [0.15, 0.2) is 30.3 Å². The molecule has 2 aliphatic rings. The van der Waals surface area contributed by atoms with Crippen LogP contribution in [-0.2, 0) is 6.42 Å². The summed E-state index contributed by atoms with van der Waals surface area (Å²) in [5.41, 5.74) is 1.48. The van der Waals surface area contributed by atoms with Crippen LogP contribution in [0.1, 0.15) is 44.1 Å². The van der Waals surface area contributed by atoms with E-state index in [9.17, 15) is 0 Å². The smallest absolute Gasteiger partial charge is 0.0220 e. The van der Waals surface area contributed by atoms with E-state index in [2.05, 4.69) is 40.5 Å². The van der Waals surface area contributed by atoms with Crippen molar-refractivity contribution in [3.8, 4) is 0 Å². The van der Waals surface area contributed by atoms with E-state index in [1.165, 1.54) is 70.1 Å². The Kier molecular flexibility index (Phi) is 5.10. The average molecular weight is 272 g/mol. The van der Waals surface area contributed by atoms with Gasteiger partial charge in [0.15, 0.2) is 0 Å². The van der Waals surface area contributed by atoms with E-state index >= 15 is 0 Å². The minimum atomic E-state index is 0.792. The Hall–Kier alpha value is -0.860. The van der Waals surface area contributed by atoms with E-state index in [0.717, 1.165) is 12.1 Å². The Bertz CT molecular complexity index is 386. The van der Waals surface area contributed by atoms with Crippen LogP contribution < -0.4 is 5.32 Å². The molecule has 1 aliphatic carbocycles. The number of rotatable bonds is 7. The zero-order chi connectivity index (χ0) is 13.6. The summed E-state index contributed by atoms with van der Waals surface area (Å²) in [6.45, 7) is 3.80. The molecule has 1 saturated heterocycles. The summed E-state index contributed by atoms with van der Waals surface area (Å²) in [5, 5.41) is 3.72. The van der Waals surface area contributed by atoms with E-state index in [-0.39, 0.29) is 0 Å². The van der Waals surface area contributed by atoms with Gasteiger partial charge in [-0.05, 0) is 57.2 Å². The van der Waals surface area contributed by atoms with Crippen molar-refractivity contribution >= 4 is 0 Å². The molecule has 1 aromatic carbocycles. The molecular formula is C18H28N2. The average Bonchev–Trinajstić information content (AvgIpc) is 3.32. The summed E-state index contributed by atoms with van der Waals surface area (Å²) in [6.07, 6.45) is 9.54. The molecular weight excluding hydrogens is 244 g/mol. The van der Waals surface area contributed by atoms with Crippen molar-refractivity contribution in [2.75, 3.05) is 19.6 Å². The quantitative estimate of drug-likeness (QED) is 0.820. The van der Waals surface area contributed by atoms with Gasteiger partial charge >= 0.3 is 0 Å². The predicted octanol–water partition coefficient (Wildman–Crippen LogP) is 3.23. The Morgan fingerprint density at radius 3 is 2.70 bits per heavy atom. The fourth-order valence-electron chi connectivity index (χ4n) is 3.31. The van der Waals surface area contributed by atoms with Gasteiger partial charge in [0.1, 0.15) is 0 Å². The zero-order valence-corrected chi connectivity index (χ0v) is 12.6. The maximum Gasteiger partial charge on any atom is 0.0220 e. The van der Waals surface area contributed by atoms with Crippen molar-refractivity contribution in [2.45, 2.75) is 57.0 Å². The summed E-state index contributed by atoms with van der Waals surface area (Å²) in [5.74, 6) is 0. The summed E-state index contributed by atoms with van der Waals surface area (Å²) >= 11 is 0. The third-order valence-electron chi connectivity index (χ3n) is 4.72. The highest BCUT2D eigenvalue weighted by molar-refractivity contribution is 5.14. The van der Waals surface area contributed by atoms with Crippen LogP contribution in [0.3, 0.4) is 0 Å². The number of piperidine rings is 1. The Labute approximate surface area is 123 Å². The number of aryl methyl sites for hydroxylation is 1. The van der Waals surface area contributed by atoms with Gasteiger partial charge in [-0.25, -0.2) is 0 Å². The third kappa shape index (κ3) is 4.32. The topological polar surface area (TPSA) is 15.3 Å². The summed E-state index contributed by atoms with van der Waals surface area (Å²) in [6, 6.07) is 12.6. The van der Waals surface area contributed by atoms with Crippen LogP contribution in [0.5, 0.6) is 0 Å². The molecule has 2 nitrogen and oxygen atoms in total. The highest BCUT2D eigenvalue weighted by Gasteiger charge is 2.25. The van der Waals surface area contributed by atoms with Gasteiger partial charge in [0.2, 0.25) is 0 Å². The molecule has 0 bridgehead atoms. The zero-order valence-electron chi connectivity index (χ0n) is 12.6. The molecule has 1 saturated carbocycles. The highest BCUT2D eigenvalue weighted by Crippen LogP contribution is 2.21. The van der Waals surface area contributed by atoms with Crippen LogP contribution in [0, 0.1) is 0 Å². The number of nitrogens with zero attached hydrogens (tertiary/aromatic N) is 1. The number of likely N-dealkylation sites (tertiary alicyclic amines) is 1. The summed E-state index contributed by atoms with van der Waals surface area (Å²) < 4.78 is 0. The standard InChI is InChI=1S/C18H28N2/c1-2-7-16(8-3-1)9-6-14-20-13-5-4-10-18(20)15-19-17-11-12-17/h1-3,7-8,17-19H,4-6,9-15H2. The molecule has 0 radical (unpaired) electrons. The second kappa shape index (κ2) is 7.24. The lowest BCUT2D eigenvalue weighted by Gasteiger charge is -2.36. The van der Waals surface area contributed by atoms with Crippen molar-refractivity contribution in [3.63, 3.8) is 0 Å². The van der Waals surface area contributed by atoms with Crippen LogP contribution >= 0.6 is 0 Å². The lowest BCUT2D eigenvalue weighted by molar-refractivity contribution is 0.143. The molecule has 1 aliphatic heterocycles. The van der Waals surface area contributed by atoms with Crippen molar-refractivity contribution in [1.82, 2.24) is 10.2 Å². The van der Waals surface area contributed by atoms with Gasteiger partial charge in [0.05, 0.1) is 0 Å². The Balaban J connectivity index is 1.41. The molecule has 0 amide bonds. The molecule has 0 spiro atoms. The monoisotopic (exact) mass is 272 g/mol. The van der Waals surface area contributed by atoms with Crippen LogP contribution in [0.25, 0.3) is 0 Å². The van der Waals surface area contributed by atoms with Crippen molar-refractivity contribution in [1.29, 1.82) is 0 Å². The Morgan fingerprint density at radius 2 is 1.90 bits per heavy atom. The second-order valence-corrected chi connectivity index (χ2v) is 6.46. The van der Waals surface area contributed by atoms with Gasteiger partial charge < -0.3 is 5.32 Å². The molecule has 20 heavy (non-hydrogen) atoms. The van der Waals surface area contributed by atoms with Crippen molar-refractivity contribution < 1.29 is 0 Å². The fraction of sp³-hybridized carbons (Fsp3) is 0.667. The number of nitrogens with one attached hydrogen (secondary N) is 1. The maximum atomic E-state index is 3.72. The minimum absolute atomic E-state index is 0.792. The van der Waals surface area contributed by atoms with Gasteiger partial charge in [-0.2, -0.15) is 0 Å². The molecule has 1 N–H and O–H groups in total. The van der Waals surface area contributed by atoms with Crippen LogP contribution in [0.4, 0.5) is 0 Å². The normalized spacial score (nSPS) is 23.9. The fourth-order valence-corrected chi connectivity index (χ4v) is 3.31. The third-order valence-corrected chi connectivity index (χ3v) is 4.72. The lowest BCUT2D eigenvalue weighted by Crippen LogP contribution is -2.46. The first-order valence-electron chi connectivity index (χ1n) is 8.43. The van der Waals surface area contributed by atoms with Gasteiger partial charge in [0, 0.05) is 18.6 Å². The van der Waals surface area contributed by atoms with E-state index in [1.807, 2.05) is 0 Å². The first kappa shape index (κ1) is 14.1. The minimum Gasteiger partial charge on any atom is -0.312 e. The van der Waals surface area contributed by atoms with Crippen LogP contribution in [0.2, 0.25) is 0 Å². The second-order valence-electron chi connectivity index (χ2n) is 6.46. The number of hydrogen-bond acceptors (Lipinski definition) is 2. The molecule has 1 aromatic rings. The molecule has 3 rings (SSSR count). The molecule has 1 atom stereocenters. The summed E-state index contributed by atoms with van der Waals surface area (Å²) in [7, 11) is 0. The van der Waals surface area contributed by atoms with Crippen molar-refractivity contribution in [3.05, 3.63) is 35.9 Å². The first-order chi connectivity index (χ1) is 9.92. The molecule has 1 unspecified atom stereocenters. The van der Waals surface area contributed by atoms with Gasteiger partial charge in [-0.3, -0.25) is 4.90 Å². The van der Waals surface area contributed by atoms with Crippen LogP contribution in [-0.4, -0.2) is 36.6 Å². The molecule has 2 fully saturated rings. The predicted molar refractivity (Wildman–Crippen MR) is 85.0 cm³/mol. The largest absolute Gasteiger partial charge is 0.312 e. The van der Waals surface area contributed by atoms with Crippen molar-refractivity contribution in [2.24, 2.45) is 0 Å². The maximum absolute atomic E-state index is 3.72. The number of benzene rings is 1. The SMILES string of the molecule is c1ccc(CCCN2CCCCC2CNC2CC2)cc1. The van der Waals surface area contributed by atoms with Gasteiger partial charge in [-0.1, -0.05) is 36.8 Å². The first-order valence-corrected chi connectivity index (χ1v) is 8.43. The van der Waals surface area contributed by atoms with E-state index in [0.29, 0.717) is 0 Å². The van der Waals surface area contributed by atoms with Gasteiger partial charge in [0.25, 0.3) is 0 Å². The molecule has 0 aromatic heterocycles. The highest BCUT2D eigenvalue weighted by atomic mass is 15.2.